The minimum Gasteiger partial charge on any atom is -0.488 e. The minimum atomic E-state index is -1.10. The lowest BCUT2D eigenvalue weighted by atomic mass is 10.2. The van der Waals surface area contributed by atoms with Gasteiger partial charge in [-0.05, 0) is 36.4 Å². The molecular weight excluding hydrogens is 520 g/mol. The Morgan fingerprint density at radius 2 is 1.05 bits per heavy atom. The lowest BCUT2D eigenvalue weighted by molar-refractivity contribution is 0.0679. The van der Waals surface area contributed by atoms with Crippen LogP contribution in [0.2, 0.25) is 0 Å². The highest BCUT2D eigenvalue weighted by atomic mass is 16.5. The lowest BCUT2D eigenvalue weighted by Gasteiger charge is -2.22. The van der Waals surface area contributed by atoms with Gasteiger partial charge in [-0.2, -0.15) is 0 Å². The molecule has 0 unspecified atom stereocenters. The number of pyridine rings is 2. The van der Waals surface area contributed by atoms with E-state index in [4.69, 9.17) is 19.7 Å². The molecule has 0 fully saturated rings. The molecule has 0 aliphatic rings. The molecule has 0 saturated carbocycles. The second-order valence-corrected chi connectivity index (χ2v) is 8.78. The predicted molar refractivity (Wildman–Crippen MR) is 145 cm³/mol. The monoisotopic (exact) mass is 554 g/mol. The molecule has 2 heterocycles. The third-order valence-corrected chi connectivity index (χ3v) is 5.83. The van der Waals surface area contributed by atoms with Crippen molar-refractivity contribution in [1.82, 2.24) is 19.8 Å². The number of aliphatic hydroxyl groups excluding tert-OH is 2. The first-order chi connectivity index (χ1) is 19.4. The van der Waals surface area contributed by atoms with Gasteiger partial charge in [0.05, 0.1) is 24.6 Å². The van der Waals surface area contributed by atoms with Crippen LogP contribution in [-0.4, -0.2) is 105 Å². The third-order valence-electron chi connectivity index (χ3n) is 5.83. The Morgan fingerprint density at radius 1 is 0.625 bits per heavy atom. The van der Waals surface area contributed by atoms with Gasteiger partial charge in [-0.25, -0.2) is 19.6 Å². The second-order valence-electron chi connectivity index (χ2n) is 8.78. The van der Waals surface area contributed by atoms with Gasteiger partial charge in [-0.15, -0.1) is 0 Å². The van der Waals surface area contributed by atoms with Gasteiger partial charge >= 0.3 is 11.9 Å². The molecule has 40 heavy (non-hydrogen) atoms. The summed E-state index contributed by atoms with van der Waals surface area (Å²) in [6, 6.07) is 16.8. The standard InChI is InChI=1S/C28H34N4O8/c33-15-11-31(19-21-5-3-7-23(29-21)27(35)36)13-17-39-25-9-1-2-10-26(25)40-18-14-32(12-16-34)20-22-6-4-8-24(30-22)28(37)38/h1-10,33-34H,11-20H2,(H,35,36)(H,37,38). The van der Waals surface area contributed by atoms with Gasteiger partial charge in [0.25, 0.3) is 0 Å². The largest absolute Gasteiger partial charge is 0.488 e. The quantitative estimate of drug-likeness (QED) is 0.180. The maximum absolute atomic E-state index is 11.2. The zero-order chi connectivity index (χ0) is 28.7. The number of aromatic carboxylic acids is 2. The number of rotatable bonds is 18. The maximum Gasteiger partial charge on any atom is 0.354 e. The predicted octanol–water partition coefficient (Wildman–Crippen LogP) is 1.62. The van der Waals surface area contributed by atoms with Gasteiger partial charge in [-0.3, -0.25) is 9.80 Å². The molecule has 0 saturated heterocycles. The molecule has 12 heteroatoms. The molecule has 214 valence electrons. The van der Waals surface area contributed by atoms with E-state index in [-0.39, 0.29) is 24.6 Å². The van der Waals surface area contributed by atoms with Crippen LogP contribution < -0.4 is 9.47 Å². The topological polar surface area (TPSA) is 166 Å². The molecule has 0 radical (unpaired) electrons. The van der Waals surface area contributed by atoms with Crippen LogP contribution in [0.1, 0.15) is 32.4 Å². The fourth-order valence-electron chi connectivity index (χ4n) is 3.91. The van der Waals surface area contributed by atoms with Gasteiger partial charge in [0.1, 0.15) is 24.6 Å². The van der Waals surface area contributed by atoms with Gasteiger partial charge in [0.15, 0.2) is 11.5 Å². The SMILES string of the molecule is O=C(O)c1cccc(CN(CCO)CCOc2ccccc2OCCN(CCO)Cc2cccc(C(=O)O)n2)n1. The van der Waals surface area contributed by atoms with E-state index in [1.165, 1.54) is 12.1 Å². The molecule has 2 aromatic heterocycles. The Morgan fingerprint density at radius 3 is 1.43 bits per heavy atom. The van der Waals surface area contributed by atoms with Crippen molar-refractivity contribution in [3.05, 3.63) is 83.4 Å². The summed E-state index contributed by atoms with van der Waals surface area (Å²) in [5.41, 5.74) is 1.08. The van der Waals surface area contributed by atoms with Crippen LogP contribution in [0, 0.1) is 0 Å². The summed E-state index contributed by atoms with van der Waals surface area (Å²) in [7, 11) is 0. The van der Waals surface area contributed by atoms with Crippen molar-refractivity contribution in [3.8, 4) is 11.5 Å². The summed E-state index contributed by atoms with van der Waals surface area (Å²) >= 11 is 0. The molecule has 0 amide bonds. The number of para-hydroxylation sites is 2. The summed E-state index contributed by atoms with van der Waals surface area (Å²) in [5.74, 6) is -1.11. The maximum atomic E-state index is 11.2. The Kier molecular flexibility index (Phi) is 12.3. The van der Waals surface area contributed by atoms with E-state index in [1.54, 1.807) is 36.4 Å². The molecule has 0 spiro atoms. The molecular formula is C28H34N4O8. The normalized spacial score (nSPS) is 11.1. The molecule has 0 bridgehead atoms. The highest BCUT2D eigenvalue weighted by Gasteiger charge is 2.13. The molecule has 1 aromatic carbocycles. The number of benzene rings is 1. The Bertz CT molecular complexity index is 1150. The zero-order valence-electron chi connectivity index (χ0n) is 22.1. The summed E-state index contributed by atoms with van der Waals surface area (Å²) in [6.45, 7) is 2.81. The van der Waals surface area contributed by atoms with Crippen LogP contribution in [0.3, 0.4) is 0 Å². The van der Waals surface area contributed by atoms with E-state index in [9.17, 15) is 19.8 Å². The van der Waals surface area contributed by atoms with Crippen LogP contribution in [0.25, 0.3) is 0 Å². The average molecular weight is 555 g/mol. The summed E-state index contributed by atoms with van der Waals surface area (Å²) in [6.07, 6.45) is 0. The van der Waals surface area contributed by atoms with E-state index < -0.39 is 11.9 Å². The number of ether oxygens (including phenoxy) is 2. The second kappa shape index (κ2) is 16.1. The highest BCUT2D eigenvalue weighted by molar-refractivity contribution is 5.85. The van der Waals surface area contributed by atoms with Crippen molar-refractivity contribution in [2.45, 2.75) is 13.1 Å². The molecule has 4 N–H and O–H groups in total. The first-order valence-corrected chi connectivity index (χ1v) is 12.8. The van der Waals surface area contributed by atoms with Crippen LogP contribution >= 0.6 is 0 Å². The van der Waals surface area contributed by atoms with Crippen molar-refractivity contribution < 1.29 is 39.5 Å². The number of aromatic nitrogens is 2. The zero-order valence-corrected chi connectivity index (χ0v) is 22.1. The number of aliphatic hydroxyl groups is 2. The summed E-state index contributed by atoms with van der Waals surface area (Å²) in [5, 5.41) is 37.3. The van der Waals surface area contributed by atoms with E-state index in [2.05, 4.69) is 9.97 Å². The number of hydrogen-bond acceptors (Lipinski definition) is 10. The van der Waals surface area contributed by atoms with Gasteiger partial charge < -0.3 is 29.9 Å². The minimum absolute atomic E-state index is 0.0358. The first-order valence-electron chi connectivity index (χ1n) is 12.8. The van der Waals surface area contributed by atoms with Gasteiger partial charge in [0, 0.05) is 39.3 Å². The molecule has 0 aliphatic carbocycles. The fourth-order valence-corrected chi connectivity index (χ4v) is 3.91. The lowest BCUT2D eigenvalue weighted by Crippen LogP contribution is -2.31. The first kappa shape index (κ1) is 30.4. The van der Waals surface area contributed by atoms with E-state index in [0.29, 0.717) is 75.4 Å². The number of hydrogen-bond donors (Lipinski definition) is 4. The van der Waals surface area contributed by atoms with E-state index in [0.717, 1.165) is 0 Å². The van der Waals surface area contributed by atoms with Crippen molar-refractivity contribution in [3.63, 3.8) is 0 Å². The third kappa shape index (κ3) is 9.89. The van der Waals surface area contributed by atoms with E-state index >= 15 is 0 Å². The van der Waals surface area contributed by atoms with E-state index in [1.807, 2.05) is 21.9 Å². The van der Waals surface area contributed by atoms with Crippen molar-refractivity contribution in [1.29, 1.82) is 0 Å². The molecule has 12 nitrogen and oxygen atoms in total. The van der Waals surface area contributed by atoms with Crippen molar-refractivity contribution >= 4 is 11.9 Å². The smallest absolute Gasteiger partial charge is 0.354 e. The Balaban J connectivity index is 1.53. The molecule has 3 aromatic rings. The van der Waals surface area contributed by atoms with Crippen molar-refractivity contribution in [2.75, 3.05) is 52.6 Å². The summed E-state index contributed by atoms with van der Waals surface area (Å²) < 4.78 is 11.9. The molecule has 3 rings (SSSR count). The van der Waals surface area contributed by atoms with Crippen LogP contribution in [0.15, 0.2) is 60.7 Å². The van der Waals surface area contributed by atoms with Gasteiger partial charge in [0.2, 0.25) is 0 Å². The van der Waals surface area contributed by atoms with Crippen LogP contribution in [-0.2, 0) is 13.1 Å². The Hall–Kier alpha value is -4.10. The molecule has 0 atom stereocenters. The Labute approximate surface area is 232 Å². The summed E-state index contributed by atoms with van der Waals surface area (Å²) in [4.78, 5) is 34.5. The van der Waals surface area contributed by atoms with Crippen molar-refractivity contribution in [2.24, 2.45) is 0 Å². The number of carboxylic acids is 2. The van der Waals surface area contributed by atoms with Crippen LogP contribution in [0.5, 0.6) is 11.5 Å². The van der Waals surface area contributed by atoms with Gasteiger partial charge in [-0.1, -0.05) is 24.3 Å². The number of carboxylic acid groups (broad SMARTS) is 2. The molecule has 0 aliphatic heterocycles. The van der Waals surface area contributed by atoms with Crippen LogP contribution in [0.4, 0.5) is 0 Å². The number of nitrogens with zero attached hydrogens (tertiary/aromatic N) is 4. The fraction of sp³-hybridized carbons (Fsp3) is 0.357. The average Bonchev–Trinajstić information content (AvgIpc) is 2.94. The highest BCUT2D eigenvalue weighted by Crippen LogP contribution is 2.26. The number of carbonyl (C=O) groups is 2.